The third-order valence-corrected chi connectivity index (χ3v) is 4.70. The molecule has 0 bridgehead atoms. The monoisotopic (exact) mass is 331 g/mol. The molecule has 25 heavy (non-hydrogen) atoms. The van der Waals surface area contributed by atoms with Crippen molar-refractivity contribution in [1.82, 2.24) is 25.1 Å². The maximum absolute atomic E-state index is 4.29. The quantitative estimate of drug-likeness (QED) is 0.797. The largest absolute Gasteiger partial charge is 0.295 e. The van der Waals surface area contributed by atoms with E-state index in [9.17, 15) is 0 Å². The smallest absolute Gasteiger partial charge is 0.178 e. The molecular formula is C20H21N5. The Morgan fingerprint density at radius 1 is 1.20 bits per heavy atom. The zero-order valence-corrected chi connectivity index (χ0v) is 14.3. The van der Waals surface area contributed by atoms with E-state index >= 15 is 0 Å². The first-order valence-corrected chi connectivity index (χ1v) is 8.58. The van der Waals surface area contributed by atoms with E-state index in [1.54, 1.807) is 12.4 Å². The van der Waals surface area contributed by atoms with Crippen LogP contribution in [0.4, 0.5) is 0 Å². The summed E-state index contributed by atoms with van der Waals surface area (Å²) in [5.41, 5.74) is 6.27. The average Bonchev–Trinajstić information content (AvgIpc) is 3.11. The Balaban J connectivity index is 1.44. The summed E-state index contributed by atoms with van der Waals surface area (Å²) in [6.07, 6.45) is 10.7. The molecule has 3 heterocycles. The van der Waals surface area contributed by atoms with Crippen LogP contribution in [0.3, 0.4) is 0 Å². The van der Waals surface area contributed by atoms with E-state index in [2.05, 4.69) is 62.3 Å². The van der Waals surface area contributed by atoms with Crippen LogP contribution in [0.25, 0.3) is 17.6 Å². The second-order valence-electron chi connectivity index (χ2n) is 6.37. The molecule has 0 spiro atoms. The standard InChI is InChI=1S/C20H21N5/c1-15-5-2-6-17-14-25(12-8-18(15)17)11-3-7-16-13-23-24-19(16)20-21-9-4-10-22-20/h2-7,9-10,13H,8,11-12,14H2,1H3,(H,23,24)/b7-3+. The molecule has 4 rings (SSSR count). The van der Waals surface area contributed by atoms with Gasteiger partial charge in [0.2, 0.25) is 0 Å². The van der Waals surface area contributed by atoms with Crippen LogP contribution in [-0.4, -0.2) is 38.2 Å². The number of benzene rings is 1. The number of aromatic amines is 1. The van der Waals surface area contributed by atoms with Crippen LogP contribution in [0.15, 0.2) is 48.9 Å². The normalized spacial score (nSPS) is 14.8. The molecule has 1 aliphatic rings. The summed E-state index contributed by atoms with van der Waals surface area (Å²) in [4.78, 5) is 11.0. The fourth-order valence-electron chi connectivity index (χ4n) is 3.37. The van der Waals surface area contributed by atoms with Gasteiger partial charge in [0.1, 0.15) is 5.69 Å². The highest BCUT2D eigenvalue weighted by atomic mass is 15.1. The van der Waals surface area contributed by atoms with Gasteiger partial charge in [-0.1, -0.05) is 30.4 Å². The van der Waals surface area contributed by atoms with Crippen molar-refractivity contribution in [3.05, 3.63) is 71.2 Å². The molecule has 0 radical (unpaired) electrons. The first-order chi connectivity index (χ1) is 12.3. The minimum Gasteiger partial charge on any atom is -0.295 e. The summed E-state index contributed by atoms with van der Waals surface area (Å²) in [6.45, 7) is 5.25. The molecule has 0 saturated carbocycles. The summed E-state index contributed by atoms with van der Waals surface area (Å²) < 4.78 is 0. The molecule has 0 atom stereocenters. The number of hydrogen-bond acceptors (Lipinski definition) is 4. The van der Waals surface area contributed by atoms with E-state index in [0.717, 1.165) is 37.3 Å². The van der Waals surface area contributed by atoms with Gasteiger partial charge in [-0.05, 0) is 36.1 Å². The topological polar surface area (TPSA) is 57.7 Å². The van der Waals surface area contributed by atoms with Crippen molar-refractivity contribution in [1.29, 1.82) is 0 Å². The number of fused-ring (bicyclic) bond motifs is 1. The molecule has 5 heteroatoms. The highest BCUT2D eigenvalue weighted by molar-refractivity contribution is 5.66. The third kappa shape index (κ3) is 3.37. The minimum atomic E-state index is 0.669. The van der Waals surface area contributed by atoms with Crippen LogP contribution in [-0.2, 0) is 13.0 Å². The second kappa shape index (κ2) is 6.99. The molecule has 0 amide bonds. The lowest BCUT2D eigenvalue weighted by atomic mass is 9.95. The molecule has 1 aliphatic heterocycles. The van der Waals surface area contributed by atoms with Gasteiger partial charge in [0, 0.05) is 37.6 Å². The number of hydrogen-bond donors (Lipinski definition) is 1. The molecular weight excluding hydrogens is 310 g/mol. The SMILES string of the molecule is Cc1cccc2c1CCN(C/C=C/c1cn[nH]c1-c1ncccn1)C2. The Hall–Kier alpha value is -2.79. The molecule has 0 unspecified atom stereocenters. The van der Waals surface area contributed by atoms with E-state index in [4.69, 9.17) is 0 Å². The van der Waals surface area contributed by atoms with Crippen LogP contribution in [0.5, 0.6) is 0 Å². The van der Waals surface area contributed by atoms with Crippen molar-refractivity contribution in [2.75, 3.05) is 13.1 Å². The van der Waals surface area contributed by atoms with E-state index in [0.29, 0.717) is 5.82 Å². The van der Waals surface area contributed by atoms with Gasteiger partial charge in [0.25, 0.3) is 0 Å². The highest BCUT2D eigenvalue weighted by Crippen LogP contribution is 2.22. The van der Waals surface area contributed by atoms with E-state index in [1.165, 1.54) is 16.7 Å². The van der Waals surface area contributed by atoms with Crippen LogP contribution in [0.1, 0.15) is 22.3 Å². The molecule has 1 N–H and O–H groups in total. The second-order valence-corrected chi connectivity index (χ2v) is 6.37. The summed E-state index contributed by atoms with van der Waals surface area (Å²) in [6, 6.07) is 8.43. The predicted octanol–water partition coefficient (Wildman–Crippen LogP) is 3.25. The van der Waals surface area contributed by atoms with Crippen LogP contribution >= 0.6 is 0 Å². The molecule has 2 aromatic heterocycles. The van der Waals surface area contributed by atoms with Crippen molar-refractivity contribution in [2.24, 2.45) is 0 Å². The fraction of sp³-hybridized carbons (Fsp3) is 0.250. The van der Waals surface area contributed by atoms with Crippen molar-refractivity contribution in [3.8, 4) is 11.5 Å². The lowest BCUT2D eigenvalue weighted by Crippen LogP contribution is -2.31. The maximum Gasteiger partial charge on any atom is 0.178 e. The molecule has 126 valence electrons. The highest BCUT2D eigenvalue weighted by Gasteiger charge is 2.16. The van der Waals surface area contributed by atoms with Crippen LogP contribution < -0.4 is 0 Å². The Labute approximate surface area is 147 Å². The lowest BCUT2D eigenvalue weighted by Gasteiger charge is -2.28. The van der Waals surface area contributed by atoms with Gasteiger partial charge in [-0.3, -0.25) is 10.00 Å². The zero-order valence-electron chi connectivity index (χ0n) is 14.3. The summed E-state index contributed by atoms with van der Waals surface area (Å²) >= 11 is 0. The van der Waals surface area contributed by atoms with Crippen LogP contribution in [0.2, 0.25) is 0 Å². The first-order valence-electron chi connectivity index (χ1n) is 8.58. The number of nitrogens with zero attached hydrogens (tertiary/aromatic N) is 4. The molecule has 0 saturated heterocycles. The first kappa shape index (κ1) is 15.7. The lowest BCUT2D eigenvalue weighted by molar-refractivity contribution is 0.282. The van der Waals surface area contributed by atoms with Crippen LogP contribution in [0, 0.1) is 6.92 Å². The van der Waals surface area contributed by atoms with Gasteiger partial charge in [-0.15, -0.1) is 0 Å². The average molecular weight is 331 g/mol. The Kier molecular flexibility index (Phi) is 4.39. The number of aromatic nitrogens is 4. The molecule has 3 aromatic rings. The Morgan fingerprint density at radius 3 is 2.96 bits per heavy atom. The van der Waals surface area contributed by atoms with Crippen molar-refractivity contribution >= 4 is 6.08 Å². The molecule has 1 aromatic carbocycles. The van der Waals surface area contributed by atoms with E-state index in [-0.39, 0.29) is 0 Å². The molecule has 5 nitrogen and oxygen atoms in total. The number of H-pyrrole nitrogens is 1. The van der Waals surface area contributed by atoms with Crippen molar-refractivity contribution in [3.63, 3.8) is 0 Å². The number of rotatable bonds is 4. The zero-order chi connectivity index (χ0) is 17.1. The summed E-state index contributed by atoms with van der Waals surface area (Å²) in [5.74, 6) is 0.669. The molecule has 0 aliphatic carbocycles. The van der Waals surface area contributed by atoms with E-state index < -0.39 is 0 Å². The van der Waals surface area contributed by atoms with Crippen molar-refractivity contribution in [2.45, 2.75) is 19.9 Å². The predicted molar refractivity (Wildman–Crippen MR) is 98.8 cm³/mol. The van der Waals surface area contributed by atoms with E-state index in [1.807, 2.05) is 12.3 Å². The minimum absolute atomic E-state index is 0.669. The van der Waals surface area contributed by atoms with Gasteiger partial charge in [-0.2, -0.15) is 5.10 Å². The number of nitrogens with one attached hydrogen (secondary N) is 1. The summed E-state index contributed by atoms with van der Waals surface area (Å²) in [7, 11) is 0. The van der Waals surface area contributed by atoms with Crippen molar-refractivity contribution < 1.29 is 0 Å². The Bertz CT molecular complexity index is 882. The Morgan fingerprint density at radius 2 is 2.08 bits per heavy atom. The maximum atomic E-state index is 4.29. The molecule has 0 fully saturated rings. The van der Waals surface area contributed by atoms with Gasteiger partial charge in [0.15, 0.2) is 5.82 Å². The van der Waals surface area contributed by atoms with Gasteiger partial charge in [-0.25, -0.2) is 9.97 Å². The van der Waals surface area contributed by atoms with Gasteiger partial charge in [0.05, 0.1) is 6.20 Å². The van der Waals surface area contributed by atoms with Gasteiger partial charge >= 0.3 is 0 Å². The number of aryl methyl sites for hydroxylation is 1. The van der Waals surface area contributed by atoms with Gasteiger partial charge < -0.3 is 0 Å². The third-order valence-electron chi connectivity index (χ3n) is 4.70. The summed E-state index contributed by atoms with van der Waals surface area (Å²) in [5, 5.41) is 7.12. The fourth-order valence-corrected chi connectivity index (χ4v) is 3.37.